The highest BCUT2D eigenvalue weighted by atomic mass is 79.9. The number of ether oxygens (including phenoxy) is 1. The van der Waals surface area contributed by atoms with Crippen molar-refractivity contribution in [3.8, 4) is 5.75 Å². The quantitative estimate of drug-likeness (QED) is 0.685. The molecule has 2 aromatic carbocycles. The monoisotopic (exact) mass is 340 g/mol. The van der Waals surface area contributed by atoms with E-state index in [1.165, 1.54) is 11.8 Å². The Balaban J connectivity index is 2.15. The molecule has 0 amide bonds. The van der Waals surface area contributed by atoms with Crippen LogP contribution in [0.3, 0.4) is 0 Å². The van der Waals surface area contributed by atoms with Gasteiger partial charge in [0, 0.05) is 4.47 Å². The van der Waals surface area contributed by atoms with Gasteiger partial charge >= 0.3 is 0 Å². The van der Waals surface area contributed by atoms with Crippen molar-refractivity contribution in [1.82, 2.24) is 0 Å². The third-order valence-electron chi connectivity index (χ3n) is 2.54. The summed E-state index contributed by atoms with van der Waals surface area (Å²) in [6.07, 6.45) is 0. The predicted octanol–water partition coefficient (Wildman–Crippen LogP) is 5.28. The molecule has 0 unspecified atom stereocenters. The van der Waals surface area contributed by atoms with Crippen LogP contribution in [-0.2, 0) is 6.61 Å². The topological polar surface area (TPSA) is 9.23 Å². The van der Waals surface area contributed by atoms with Gasteiger partial charge in [-0.05, 0) is 39.4 Å². The maximum Gasteiger partial charge on any atom is 0.179 e. The highest BCUT2D eigenvalue weighted by Crippen LogP contribution is 2.35. The fourth-order valence-electron chi connectivity index (χ4n) is 1.64. The zero-order chi connectivity index (χ0) is 13.7. The van der Waals surface area contributed by atoms with Gasteiger partial charge in [-0.15, -0.1) is 11.8 Å². The number of hydrogen-bond acceptors (Lipinski definition) is 2. The van der Waals surface area contributed by atoms with E-state index in [1.54, 1.807) is 6.07 Å². The fraction of sp³-hybridized carbons (Fsp3) is 0.200. The first-order valence-corrected chi connectivity index (χ1v) is 7.77. The zero-order valence-corrected chi connectivity index (χ0v) is 12.9. The molecule has 0 spiro atoms. The summed E-state index contributed by atoms with van der Waals surface area (Å²) in [6, 6.07) is 13.2. The first kappa shape index (κ1) is 14.4. The molecule has 0 radical (unpaired) electrons. The molecule has 0 aliphatic carbocycles. The van der Waals surface area contributed by atoms with E-state index in [1.807, 2.05) is 43.3 Å². The Hall–Kier alpha value is -1.00. The molecule has 2 aromatic rings. The van der Waals surface area contributed by atoms with Gasteiger partial charge in [0.1, 0.15) is 6.61 Å². The summed E-state index contributed by atoms with van der Waals surface area (Å²) in [5.41, 5.74) is 1.02. The first-order chi connectivity index (χ1) is 9.22. The van der Waals surface area contributed by atoms with Crippen molar-refractivity contribution in [2.24, 2.45) is 0 Å². The Morgan fingerprint density at radius 1 is 1.16 bits per heavy atom. The van der Waals surface area contributed by atoms with Crippen LogP contribution in [0, 0.1) is 5.82 Å². The van der Waals surface area contributed by atoms with E-state index >= 15 is 0 Å². The highest BCUT2D eigenvalue weighted by molar-refractivity contribution is 9.10. The van der Waals surface area contributed by atoms with E-state index in [9.17, 15) is 4.39 Å². The Morgan fingerprint density at radius 3 is 2.58 bits per heavy atom. The summed E-state index contributed by atoms with van der Waals surface area (Å²) < 4.78 is 20.6. The molecule has 0 bridgehead atoms. The number of thioether (sulfide) groups is 1. The molecule has 1 nitrogen and oxygen atoms in total. The van der Waals surface area contributed by atoms with Crippen LogP contribution in [0.4, 0.5) is 4.39 Å². The van der Waals surface area contributed by atoms with Crippen LogP contribution in [0.2, 0.25) is 0 Å². The first-order valence-electron chi connectivity index (χ1n) is 6.00. The van der Waals surface area contributed by atoms with E-state index in [2.05, 4.69) is 15.9 Å². The van der Waals surface area contributed by atoms with Gasteiger partial charge < -0.3 is 4.74 Å². The second-order valence-electron chi connectivity index (χ2n) is 3.90. The van der Waals surface area contributed by atoms with Gasteiger partial charge in [-0.2, -0.15) is 0 Å². The third kappa shape index (κ3) is 3.74. The lowest BCUT2D eigenvalue weighted by Gasteiger charge is -2.11. The normalized spacial score (nSPS) is 10.5. The molecule has 0 saturated heterocycles. The standard InChI is InChI=1S/C15H14BrFOS/c1-2-19-15-12(16)8-9-13(14(15)17)18-10-11-6-4-3-5-7-11/h3-9H,2,10H2,1H3. The number of halogens is 2. The minimum absolute atomic E-state index is 0.294. The van der Waals surface area contributed by atoms with Crippen molar-refractivity contribution in [3.05, 3.63) is 58.3 Å². The van der Waals surface area contributed by atoms with Crippen LogP contribution in [0.5, 0.6) is 5.75 Å². The van der Waals surface area contributed by atoms with Crippen LogP contribution in [0.25, 0.3) is 0 Å². The second kappa shape index (κ2) is 6.96. The molecule has 0 heterocycles. The van der Waals surface area contributed by atoms with E-state index in [0.717, 1.165) is 15.8 Å². The molecule has 4 heteroatoms. The molecule has 19 heavy (non-hydrogen) atoms. The number of rotatable bonds is 5. The maximum atomic E-state index is 14.2. The second-order valence-corrected chi connectivity index (χ2v) is 6.02. The molecule has 0 fully saturated rings. The van der Waals surface area contributed by atoms with E-state index < -0.39 is 0 Å². The predicted molar refractivity (Wildman–Crippen MR) is 81.3 cm³/mol. The molecule has 2 rings (SSSR count). The molecule has 0 N–H and O–H groups in total. The van der Waals surface area contributed by atoms with Gasteiger partial charge in [0.15, 0.2) is 11.6 Å². The van der Waals surface area contributed by atoms with Gasteiger partial charge in [0.25, 0.3) is 0 Å². The molecule has 0 aliphatic rings. The lowest BCUT2D eigenvalue weighted by atomic mass is 10.2. The van der Waals surface area contributed by atoms with Crippen molar-refractivity contribution in [2.75, 3.05) is 5.75 Å². The molecule has 0 aliphatic heterocycles. The Morgan fingerprint density at radius 2 is 1.89 bits per heavy atom. The SMILES string of the molecule is CCSc1c(Br)ccc(OCc2ccccc2)c1F. The van der Waals surface area contributed by atoms with Crippen LogP contribution < -0.4 is 4.74 Å². The fourth-order valence-corrected chi connectivity index (χ4v) is 3.01. The Labute approximate surface area is 125 Å². The zero-order valence-electron chi connectivity index (χ0n) is 10.5. The van der Waals surface area contributed by atoms with Crippen LogP contribution >= 0.6 is 27.7 Å². The molecule has 100 valence electrons. The van der Waals surface area contributed by atoms with Crippen LogP contribution in [0.15, 0.2) is 51.8 Å². The summed E-state index contributed by atoms with van der Waals surface area (Å²) in [5, 5.41) is 0. The number of hydrogen-bond donors (Lipinski definition) is 0. The third-order valence-corrected chi connectivity index (χ3v) is 4.44. The minimum atomic E-state index is -0.294. The van der Waals surface area contributed by atoms with Gasteiger partial charge in [0.05, 0.1) is 4.90 Å². The largest absolute Gasteiger partial charge is 0.486 e. The van der Waals surface area contributed by atoms with Crippen molar-refractivity contribution < 1.29 is 9.13 Å². The van der Waals surface area contributed by atoms with E-state index in [-0.39, 0.29) is 5.82 Å². The van der Waals surface area contributed by atoms with Gasteiger partial charge in [-0.1, -0.05) is 37.3 Å². The summed E-state index contributed by atoms with van der Waals surface area (Å²) in [5.74, 6) is 0.817. The summed E-state index contributed by atoms with van der Waals surface area (Å²) in [4.78, 5) is 0.605. The van der Waals surface area contributed by atoms with Gasteiger partial charge in [0.2, 0.25) is 0 Å². The molecular weight excluding hydrogens is 327 g/mol. The lowest BCUT2D eigenvalue weighted by Crippen LogP contribution is -1.98. The molecule has 0 atom stereocenters. The van der Waals surface area contributed by atoms with Crippen molar-refractivity contribution in [2.45, 2.75) is 18.4 Å². The average Bonchev–Trinajstić information content (AvgIpc) is 2.44. The van der Waals surface area contributed by atoms with Gasteiger partial charge in [-0.3, -0.25) is 0 Å². The number of benzene rings is 2. The summed E-state index contributed by atoms with van der Waals surface area (Å²) >= 11 is 4.82. The molecule has 0 saturated carbocycles. The average molecular weight is 341 g/mol. The molecular formula is C15H14BrFOS. The Bertz CT molecular complexity index is 545. The summed E-state index contributed by atoms with van der Waals surface area (Å²) in [6.45, 7) is 2.36. The van der Waals surface area contributed by atoms with E-state index in [4.69, 9.17) is 4.74 Å². The van der Waals surface area contributed by atoms with Crippen LogP contribution in [-0.4, -0.2) is 5.75 Å². The lowest BCUT2D eigenvalue weighted by molar-refractivity contribution is 0.287. The van der Waals surface area contributed by atoms with Crippen molar-refractivity contribution in [1.29, 1.82) is 0 Å². The molecule has 0 aromatic heterocycles. The minimum Gasteiger partial charge on any atom is -0.486 e. The van der Waals surface area contributed by atoms with Crippen molar-refractivity contribution >= 4 is 27.7 Å². The van der Waals surface area contributed by atoms with Gasteiger partial charge in [-0.25, -0.2) is 4.39 Å². The Kier molecular flexibility index (Phi) is 5.28. The maximum absolute atomic E-state index is 14.2. The summed E-state index contributed by atoms with van der Waals surface area (Å²) in [7, 11) is 0. The van der Waals surface area contributed by atoms with Crippen LogP contribution in [0.1, 0.15) is 12.5 Å². The van der Waals surface area contributed by atoms with Crippen molar-refractivity contribution in [3.63, 3.8) is 0 Å². The smallest absolute Gasteiger partial charge is 0.179 e. The highest BCUT2D eigenvalue weighted by Gasteiger charge is 2.13. The van der Waals surface area contributed by atoms with E-state index in [0.29, 0.717) is 17.3 Å².